The van der Waals surface area contributed by atoms with Crippen LogP contribution in [0.15, 0.2) is 54.7 Å². The van der Waals surface area contributed by atoms with E-state index >= 15 is 0 Å². The van der Waals surface area contributed by atoms with Crippen LogP contribution in [0.4, 0.5) is 5.82 Å². The van der Waals surface area contributed by atoms with Gasteiger partial charge in [-0.1, -0.05) is 36.4 Å². The predicted octanol–water partition coefficient (Wildman–Crippen LogP) is 2.23. The molecule has 1 fully saturated rings. The summed E-state index contributed by atoms with van der Waals surface area (Å²) >= 11 is 0. The van der Waals surface area contributed by atoms with Crippen LogP contribution in [0.1, 0.15) is 50.9 Å². The number of anilines is 1. The molecule has 2 aliphatic rings. The number of carbonyl (C=O) groups is 2. The van der Waals surface area contributed by atoms with Crippen molar-refractivity contribution >= 4 is 17.6 Å². The van der Waals surface area contributed by atoms with Crippen LogP contribution in [-0.4, -0.2) is 40.9 Å². The molecule has 2 atom stereocenters. The second-order valence-electron chi connectivity index (χ2n) is 8.50. The zero-order valence-electron chi connectivity index (χ0n) is 18.2. The van der Waals surface area contributed by atoms with Crippen LogP contribution < -0.4 is 21.7 Å². The molecule has 1 aliphatic carbocycles. The zero-order chi connectivity index (χ0) is 22.8. The van der Waals surface area contributed by atoms with Crippen LogP contribution in [0.3, 0.4) is 0 Å². The molecule has 1 saturated heterocycles. The molecule has 5 N–H and O–H groups in total. The van der Waals surface area contributed by atoms with Gasteiger partial charge in [-0.3, -0.25) is 9.59 Å². The molecule has 0 bridgehead atoms. The average molecular weight is 443 g/mol. The highest BCUT2D eigenvalue weighted by Gasteiger charge is 2.24. The van der Waals surface area contributed by atoms with Crippen LogP contribution in [-0.2, 0) is 6.42 Å². The van der Waals surface area contributed by atoms with Crippen molar-refractivity contribution in [3.05, 3.63) is 77.1 Å². The zero-order valence-corrected chi connectivity index (χ0v) is 18.2. The lowest BCUT2D eigenvalue weighted by Crippen LogP contribution is -2.37. The number of hydrogen-bond donors (Lipinski definition) is 4. The Morgan fingerprint density at radius 3 is 2.76 bits per heavy atom. The first-order chi connectivity index (χ1) is 16.1. The van der Waals surface area contributed by atoms with Crippen LogP contribution in [0.25, 0.3) is 11.3 Å². The molecule has 2 heterocycles. The maximum Gasteiger partial charge on any atom is 0.274 e. The standard InChI is InChI=1S/C25H26N6O2/c26-23-22(25(33)29-18-10-11-27-13-18)30-21(14-28-23)16-5-3-6-17(12-16)24(32)31-20-9-8-15-4-1-2-7-19(15)20/h1-7,12,14,18,20,27H,8-11,13H2,(H2,26,28)(H,29,33)(H,31,32)/t18-,20-/m0/s1. The van der Waals surface area contributed by atoms with E-state index in [-0.39, 0.29) is 35.4 Å². The van der Waals surface area contributed by atoms with Crippen molar-refractivity contribution in [2.75, 3.05) is 18.8 Å². The molecule has 5 rings (SSSR count). The Labute approximate surface area is 192 Å². The maximum absolute atomic E-state index is 13.0. The first kappa shape index (κ1) is 21.1. The fourth-order valence-corrected chi connectivity index (χ4v) is 4.50. The Kier molecular flexibility index (Phi) is 5.75. The van der Waals surface area contributed by atoms with Crippen molar-refractivity contribution in [2.45, 2.75) is 31.3 Å². The monoisotopic (exact) mass is 442 g/mol. The Hall–Kier alpha value is -3.78. The number of carbonyl (C=O) groups excluding carboxylic acids is 2. The third kappa shape index (κ3) is 4.42. The largest absolute Gasteiger partial charge is 0.382 e. The lowest BCUT2D eigenvalue weighted by molar-refractivity contribution is 0.0927. The van der Waals surface area contributed by atoms with Gasteiger partial charge in [-0.15, -0.1) is 0 Å². The lowest BCUT2D eigenvalue weighted by atomic mass is 10.1. The molecule has 1 aliphatic heterocycles. The molecule has 1 aromatic heterocycles. The molecule has 8 nitrogen and oxygen atoms in total. The molecule has 0 saturated carbocycles. The van der Waals surface area contributed by atoms with Crippen molar-refractivity contribution in [2.24, 2.45) is 0 Å². The van der Waals surface area contributed by atoms with Gasteiger partial charge in [-0.25, -0.2) is 9.97 Å². The SMILES string of the molecule is Nc1ncc(-c2cccc(C(=O)N[C@H]3CCc4ccccc43)c2)nc1C(=O)N[C@H]1CCNC1. The van der Waals surface area contributed by atoms with E-state index in [9.17, 15) is 9.59 Å². The van der Waals surface area contributed by atoms with Crippen molar-refractivity contribution in [3.63, 3.8) is 0 Å². The Morgan fingerprint density at radius 2 is 1.91 bits per heavy atom. The first-order valence-corrected chi connectivity index (χ1v) is 11.2. The van der Waals surface area contributed by atoms with Crippen molar-refractivity contribution < 1.29 is 9.59 Å². The molecule has 168 valence electrons. The topological polar surface area (TPSA) is 122 Å². The number of nitrogens with zero attached hydrogens (tertiary/aromatic N) is 2. The number of fused-ring (bicyclic) bond motifs is 1. The summed E-state index contributed by atoms with van der Waals surface area (Å²) in [5, 5.41) is 9.30. The van der Waals surface area contributed by atoms with E-state index < -0.39 is 0 Å². The number of nitrogen functional groups attached to an aromatic ring is 1. The van der Waals surface area contributed by atoms with Crippen molar-refractivity contribution in [1.29, 1.82) is 0 Å². The smallest absolute Gasteiger partial charge is 0.274 e. The summed E-state index contributed by atoms with van der Waals surface area (Å²) in [5.74, 6) is -0.408. The Balaban J connectivity index is 1.34. The van der Waals surface area contributed by atoms with Gasteiger partial charge >= 0.3 is 0 Å². The third-order valence-electron chi connectivity index (χ3n) is 6.27. The van der Waals surface area contributed by atoms with E-state index in [4.69, 9.17) is 5.73 Å². The lowest BCUT2D eigenvalue weighted by Gasteiger charge is -2.15. The summed E-state index contributed by atoms with van der Waals surface area (Å²) in [5.41, 5.74) is 10.2. The van der Waals surface area contributed by atoms with Crippen molar-refractivity contribution in [1.82, 2.24) is 25.9 Å². The maximum atomic E-state index is 13.0. The molecule has 0 unspecified atom stereocenters. The van der Waals surface area contributed by atoms with Gasteiger partial charge in [0.15, 0.2) is 11.5 Å². The molecule has 2 amide bonds. The Morgan fingerprint density at radius 1 is 1.03 bits per heavy atom. The molecule has 0 spiro atoms. The van der Waals surface area contributed by atoms with Crippen LogP contribution in [0, 0.1) is 0 Å². The van der Waals surface area contributed by atoms with E-state index in [1.165, 1.54) is 17.3 Å². The highest BCUT2D eigenvalue weighted by atomic mass is 16.2. The summed E-state index contributed by atoms with van der Waals surface area (Å²) in [7, 11) is 0. The predicted molar refractivity (Wildman–Crippen MR) is 126 cm³/mol. The highest BCUT2D eigenvalue weighted by molar-refractivity contribution is 5.97. The minimum absolute atomic E-state index is 0.00838. The minimum atomic E-state index is -0.343. The van der Waals surface area contributed by atoms with E-state index in [0.29, 0.717) is 16.8 Å². The number of rotatable bonds is 5. The van der Waals surface area contributed by atoms with Gasteiger partial charge in [0.05, 0.1) is 17.9 Å². The van der Waals surface area contributed by atoms with E-state index in [1.807, 2.05) is 18.2 Å². The summed E-state index contributed by atoms with van der Waals surface area (Å²) in [6.45, 7) is 1.59. The quantitative estimate of drug-likeness (QED) is 0.481. The van der Waals surface area contributed by atoms with Crippen LogP contribution >= 0.6 is 0 Å². The normalized spacial score (nSPS) is 19.2. The number of aryl methyl sites for hydroxylation is 1. The number of nitrogens with two attached hydrogens (primary N) is 1. The fourth-order valence-electron chi connectivity index (χ4n) is 4.50. The molecule has 8 heteroatoms. The van der Waals surface area contributed by atoms with Gasteiger partial charge in [-0.05, 0) is 49.1 Å². The van der Waals surface area contributed by atoms with E-state index in [0.717, 1.165) is 32.4 Å². The van der Waals surface area contributed by atoms with Gasteiger partial charge < -0.3 is 21.7 Å². The fraction of sp³-hybridized carbons (Fsp3) is 0.280. The van der Waals surface area contributed by atoms with Crippen molar-refractivity contribution in [3.8, 4) is 11.3 Å². The first-order valence-electron chi connectivity index (χ1n) is 11.2. The average Bonchev–Trinajstić information content (AvgIpc) is 3.49. The number of amides is 2. The van der Waals surface area contributed by atoms with Gasteiger partial charge in [0.1, 0.15) is 0 Å². The summed E-state index contributed by atoms with van der Waals surface area (Å²) in [6.07, 6.45) is 4.24. The van der Waals surface area contributed by atoms with Gasteiger partial charge in [0, 0.05) is 23.7 Å². The molecule has 2 aromatic carbocycles. The van der Waals surface area contributed by atoms with Crippen LogP contribution in [0.2, 0.25) is 0 Å². The number of hydrogen-bond acceptors (Lipinski definition) is 6. The summed E-state index contributed by atoms with van der Waals surface area (Å²) in [6, 6.07) is 15.4. The highest BCUT2D eigenvalue weighted by Crippen LogP contribution is 2.31. The van der Waals surface area contributed by atoms with E-state index in [2.05, 4.69) is 38.1 Å². The third-order valence-corrected chi connectivity index (χ3v) is 6.27. The number of aromatic nitrogens is 2. The Bertz CT molecular complexity index is 1210. The summed E-state index contributed by atoms with van der Waals surface area (Å²) in [4.78, 5) is 34.3. The minimum Gasteiger partial charge on any atom is -0.382 e. The van der Waals surface area contributed by atoms with E-state index in [1.54, 1.807) is 18.2 Å². The second kappa shape index (κ2) is 8.99. The molecule has 3 aromatic rings. The van der Waals surface area contributed by atoms with Gasteiger partial charge in [0.25, 0.3) is 11.8 Å². The van der Waals surface area contributed by atoms with Crippen LogP contribution in [0.5, 0.6) is 0 Å². The van der Waals surface area contributed by atoms with Gasteiger partial charge in [0.2, 0.25) is 0 Å². The second-order valence-corrected chi connectivity index (χ2v) is 8.50. The number of nitrogens with one attached hydrogen (secondary N) is 3. The molecule has 33 heavy (non-hydrogen) atoms. The molecular formula is C25H26N6O2. The summed E-state index contributed by atoms with van der Waals surface area (Å²) < 4.78 is 0. The molecule has 0 radical (unpaired) electrons. The number of benzene rings is 2. The van der Waals surface area contributed by atoms with Gasteiger partial charge in [-0.2, -0.15) is 0 Å². The molecular weight excluding hydrogens is 416 g/mol.